The van der Waals surface area contributed by atoms with Gasteiger partial charge in [-0.15, -0.1) is 0 Å². The molecule has 3 aromatic carbocycles. The fourth-order valence-electron chi connectivity index (χ4n) is 3.73. The van der Waals surface area contributed by atoms with Gasteiger partial charge in [-0.3, -0.25) is 10.0 Å². The van der Waals surface area contributed by atoms with Crippen LogP contribution in [-0.2, 0) is 16.3 Å². The highest BCUT2D eigenvalue weighted by molar-refractivity contribution is 7.91. The standard InChI is InChI=1S/C24H26N2O5S/c1-4-31-18-10-12-19(13-11-18)32(29,30)23-16(3)22(25)15(2)20(21(23)24(27)26-28)14-17-8-6-5-7-9-17/h5-13,28H,4,14,25H2,1-3H3,(H,26,27). The van der Waals surface area contributed by atoms with Crippen LogP contribution < -0.4 is 16.0 Å². The van der Waals surface area contributed by atoms with Gasteiger partial charge in [0.05, 0.1) is 22.0 Å². The molecule has 0 aliphatic rings. The van der Waals surface area contributed by atoms with Crippen LogP contribution in [0.25, 0.3) is 0 Å². The third kappa shape index (κ3) is 4.32. The smallest absolute Gasteiger partial charge is 0.276 e. The third-order valence-electron chi connectivity index (χ3n) is 5.40. The summed E-state index contributed by atoms with van der Waals surface area (Å²) in [5.41, 5.74) is 10.2. The van der Waals surface area contributed by atoms with E-state index in [9.17, 15) is 18.4 Å². The summed E-state index contributed by atoms with van der Waals surface area (Å²) in [5.74, 6) is -0.378. The second kappa shape index (κ2) is 9.42. The van der Waals surface area contributed by atoms with E-state index in [2.05, 4.69) is 0 Å². The molecular formula is C24H26N2O5S. The molecule has 0 aliphatic carbocycles. The Kier molecular flexibility index (Phi) is 6.86. The van der Waals surface area contributed by atoms with E-state index in [1.165, 1.54) is 12.1 Å². The van der Waals surface area contributed by atoms with Crippen molar-refractivity contribution in [2.24, 2.45) is 0 Å². The van der Waals surface area contributed by atoms with Gasteiger partial charge < -0.3 is 10.5 Å². The molecule has 1 amide bonds. The molecular weight excluding hydrogens is 428 g/mol. The quantitative estimate of drug-likeness (QED) is 0.284. The first-order valence-electron chi connectivity index (χ1n) is 10.1. The number of rotatable bonds is 7. The van der Waals surface area contributed by atoms with Gasteiger partial charge in [0.1, 0.15) is 5.75 Å². The van der Waals surface area contributed by atoms with E-state index in [-0.39, 0.29) is 33.0 Å². The second-order valence-corrected chi connectivity index (χ2v) is 9.24. The normalized spacial score (nSPS) is 11.2. The first-order valence-corrected chi connectivity index (χ1v) is 11.6. The molecule has 7 nitrogen and oxygen atoms in total. The minimum absolute atomic E-state index is 0.00930. The van der Waals surface area contributed by atoms with Gasteiger partial charge in [0.25, 0.3) is 5.91 Å². The number of nitrogen functional groups attached to an aromatic ring is 1. The lowest BCUT2D eigenvalue weighted by Gasteiger charge is -2.21. The van der Waals surface area contributed by atoms with Crippen molar-refractivity contribution in [1.82, 2.24) is 5.48 Å². The molecule has 0 spiro atoms. The summed E-state index contributed by atoms with van der Waals surface area (Å²) in [6.45, 7) is 5.58. The second-order valence-electron chi connectivity index (χ2n) is 7.36. The van der Waals surface area contributed by atoms with Crippen LogP contribution in [0.4, 0.5) is 5.69 Å². The van der Waals surface area contributed by atoms with Crippen LogP contribution in [0.5, 0.6) is 5.75 Å². The van der Waals surface area contributed by atoms with Crippen molar-refractivity contribution in [1.29, 1.82) is 0 Å². The lowest BCUT2D eigenvalue weighted by atomic mass is 9.91. The highest BCUT2D eigenvalue weighted by Crippen LogP contribution is 2.37. The van der Waals surface area contributed by atoms with Crippen molar-refractivity contribution in [3.8, 4) is 5.75 Å². The topological polar surface area (TPSA) is 119 Å². The number of sulfone groups is 1. The number of nitrogens with two attached hydrogens (primary N) is 1. The molecule has 8 heteroatoms. The molecule has 0 fully saturated rings. The lowest BCUT2D eigenvalue weighted by molar-refractivity contribution is 0.0701. The van der Waals surface area contributed by atoms with E-state index in [4.69, 9.17) is 10.5 Å². The van der Waals surface area contributed by atoms with E-state index in [1.807, 2.05) is 37.3 Å². The van der Waals surface area contributed by atoms with Crippen LogP contribution in [0.2, 0.25) is 0 Å². The molecule has 0 bridgehead atoms. The largest absolute Gasteiger partial charge is 0.494 e. The van der Waals surface area contributed by atoms with Crippen LogP contribution >= 0.6 is 0 Å². The number of hydroxylamine groups is 1. The van der Waals surface area contributed by atoms with E-state index in [1.54, 1.807) is 31.5 Å². The molecule has 0 unspecified atom stereocenters. The Morgan fingerprint density at radius 1 is 1.03 bits per heavy atom. The Labute approximate surface area is 187 Å². The molecule has 0 aromatic heterocycles. The molecule has 4 N–H and O–H groups in total. The molecule has 0 saturated heterocycles. The average molecular weight is 455 g/mol. The van der Waals surface area contributed by atoms with Crippen molar-refractivity contribution in [3.05, 3.63) is 82.4 Å². The van der Waals surface area contributed by atoms with Crippen LogP contribution in [0.1, 0.15) is 39.5 Å². The summed E-state index contributed by atoms with van der Waals surface area (Å²) in [6, 6.07) is 15.3. The van der Waals surface area contributed by atoms with E-state index >= 15 is 0 Å². The van der Waals surface area contributed by atoms with E-state index in [0.717, 1.165) is 5.56 Å². The maximum absolute atomic E-state index is 13.7. The Morgan fingerprint density at radius 3 is 2.22 bits per heavy atom. The zero-order valence-corrected chi connectivity index (χ0v) is 19.0. The van der Waals surface area contributed by atoms with Gasteiger partial charge in [0.2, 0.25) is 9.84 Å². The molecule has 168 valence electrons. The maximum atomic E-state index is 13.7. The molecule has 3 rings (SSSR count). The predicted octanol–water partition coefficient (Wildman–Crippen LogP) is 3.83. The van der Waals surface area contributed by atoms with E-state index < -0.39 is 15.7 Å². The van der Waals surface area contributed by atoms with Crippen LogP contribution in [0, 0.1) is 13.8 Å². The van der Waals surface area contributed by atoms with Crippen LogP contribution in [0.3, 0.4) is 0 Å². The zero-order valence-electron chi connectivity index (χ0n) is 18.2. The SMILES string of the molecule is CCOc1ccc(S(=O)(=O)c2c(C)c(N)c(C)c(Cc3ccccc3)c2C(=O)NO)cc1. The summed E-state index contributed by atoms with van der Waals surface area (Å²) in [4.78, 5) is 12.6. The number of hydrogen-bond donors (Lipinski definition) is 3. The Balaban J connectivity index is 2.29. The lowest BCUT2D eigenvalue weighted by Crippen LogP contribution is -2.26. The number of benzene rings is 3. The van der Waals surface area contributed by atoms with Crippen molar-refractivity contribution in [2.75, 3.05) is 12.3 Å². The number of hydrogen-bond acceptors (Lipinski definition) is 6. The van der Waals surface area contributed by atoms with Gasteiger partial charge in [-0.1, -0.05) is 30.3 Å². The molecule has 0 heterocycles. The first-order chi connectivity index (χ1) is 15.2. The molecule has 0 saturated carbocycles. The van der Waals surface area contributed by atoms with Crippen molar-refractivity contribution in [2.45, 2.75) is 37.0 Å². The van der Waals surface area contributed by atoms with Crippen LogP contribution in [-0.4, -0.2) is 26.1 Å². The number of amides is 1. The highest BCUT2D eigenvalue weighted by atomic mass is 32.2. The van der Waals surface area contributed by atoms with Gasteiger partial charge in [-0.05, 0) is 73.7 Å². The zero-order chi connectivity index (χ0) is 23.5. The van der Waals surface area contributed by atoms with Gasteiger partial charge in [0.15, 0.2) is 0 Å². The third-order valence-corrected chi connectivity index (χ3v) is 7.34. The summed E-state index contributed by atoms with van der Waals surface area (Å²) in [6.07, 6.45) is 0.270. The van der Waals surface area contributed by atoms with Gasteiger partial charge in [0, 0.05) is 5.69 Å². The minimum Gasteiger partial charge on any atom is -0.494 e. The van der Waals surface area contributed by atoms with Crippen molar-refractivity contribution in [3.63, 3.8) is 0 Å². The van der Waals surface area contributed by atoms with Gasteiger partial charge >= 0.3 is 0 Å². The predicted molar refractivity (Wildman–Crippen MR) is 122 cm³/mol. The number of carbonyl (C=O) groups is 1. The van der Waals surface area contributed by atoms with Crippen molar-refractivity contribution < 1.29 is 23.2 Å². The Morgan fingerprint density at radius 2 is 1.66 bits per heavy atom. The molecule has 3 aromatic rings. The number of ether oxygens (including phenoxy) is 1. The molecule has 32 heavy (non-hydrogen) atoms. The van der Waals surface area contributed by atoms with Crippen molar-refractivity contribution >= 4 is 21.4 Å². The van der Waals surface area contributed by atoms with E-state index in [0.29, 0.717) is 23.5 Å². The van der Waals surface area contributed by atoms with Gasteiger partial charge in [-0.25, -0.2) is 13.9 Å². The number of nitrogens with one attached hydrogen (secondary N) is 1. The maximum Gasteiger partial charge on any atom is 0.276 e. The number of carbonyl (C=O) groups excluding carboxylic acids is 1. The average Bonchev–Trinajstić information content (AvgIpc) is 2.79. The summed E-state index contributed by atoms with van der Waals surface area (Å²) >= 11 is 0. The summed E-state index contributed by atoms with van der Waals surface area (Å²) in [5, 5.41) is 9.44. The first kappa shape index (κ1) is 23.3. The summed E-state index contributed by atoms with van der Waals surface area (Å²) < 4.78 is 32.7. The fourth-order valence-corrected chi connectivity index (χ4v) is 5.46. The molecule has 0 radical (unpaired) electrons. The Bertz CT molecular complexity index is 1240. The molecule has 0 aliphatic heterocycles. The van der Waals surface area contributed by atoms with Gasteiger partial charge in [-0.2, -0.15) is 0 Å². The highest BCUT2D eigenvalue weighted by Gasteiger charge is 2.32. The monoisotopic (exact) mass is 454 g/mol. The number of anilines is 1. The van der Waals surface area contributed by atoms with Crippen LogP contribution in [0.15, 0.2) is 64.4 Å². The fraction of sp³-hybridized carbons (Fsp3) is 0.208. The minimum atomic E-state index is -4.15. The Hall–Kier alpha value is -3.36. The molecule has 0 atom stereocenters. The summed E-state index contributed by atoms with van der Waals surface area (Å²) in [7, 11) is -4.15.